The van der Waals surface area contributed by atoms with E-state index in [9.17, 15) is 4.79 Å². The molecule has 4 heteroatoms. The van der Waals surface area contributed by atoms with Gasteiger partial charge >= 0.3 is 0 Å². The fourth-order valence-corrected chi connectivity index (χ4v) is 2.88. The zero-order chi connectivity index (χ0) is 14.1. The van der Waals surface area contributed by atoms with Gasteiger partial charge in [-0.25, -0.2) is 9.97 Å². The van der Waals surface area contributed by atoms with Crippen LogP contribution in [0.25, 0.3) is 11.0 Å². The molecule has 1 aliphatic rings. The van der Waals surface area contributed by atoms with E-state index in [0.29, 0.717) is 5.78 Å². The maximum absolute atomic E-state index is 11.4. The molecule has 20 heavy (non-hydrogen) atoms. The van der Waals surface area contributed by atoms with Crippen LogP contribution >= 0.6 is 0 Å². The number of hydrogen-bond acceptors (Lipinski definition) is 4. The molecule has 3 rings (SSSR count). The highest BCUT2D eigenvalue weighted by molar-refractivity contribution is 5.79. The summed E-state index contributed by atoms with van der Waals surface area (Å²) in [5.74, 6) is 1.50. The minimum Gasteiger partial charge on any atom is -0.355 e. The highest BCUT2D eigenvalue weighted by Crippen LogP contribution is 2.25. The molecule has 1 aromatic heterocycles. The monoisotopic (exact) mass is 269 g/mol. The molecule has 0 atom stereocenters. The summed E-state index contributed by atoms with van der Waals surface area (Å²) in [6.07, 6.45) is 1.84. The summed E-state index contributed by atoms with van der Waals surface area (Å²) in [5.41, 5.74) is 2.83. The number of carbonyl (C=O) groups excluding carboxylic acids is 1. The first-order valence-corrected chi connectivity index (χ1v) is 7.14. The summed E-state index contributed by atoms with van der Waals surface area (Å²) in [4.78, 5) is 23.1. The van der Waals surface area contributed by atoms with Crippen molar-refractivity contribution < 1.29 is 4.79 Å². The van der Waals surface area contributed by atoms with Gasteiger partial charge in [0.05, 0.1) is 16.7 Å². The topological polar surface area (TPSA) is 46.1 Å². The molecule has 1 aliphatic heterocycles. The Morgan fingerprint density at radius 1 is 1.15 bits per heavy atom. The van der Waals surface area contributed by atoms with Crippen LogP contribution in [0.1, 0.15) is 25.5 Å². The quantitative estimate of drug-likeness (QED) is 0.841. The number of Topliss-reactive ketones (excluding diaryl/α,β-unsaturated/α-hetero) is 1. The fourth-order valence-electron chi connectivity index (χ4n) is 2.88. The summed E-state index contributed by atoms with van der Waals surface area (Å²) in [6.45, 7) is 5.48. The Bertz CT molecular complexity index is 645. The van der Waals surface area contributed by atoms with Gasteiger partial charge in [0.1, 0.15) is 5.78 Å². The van der Waals surface area contributed by atoms with Crippen LogP contribution in [-0.4, -0.2) is 28.8 Å². The van der Waals surface area contributed by atoms with Crippen LogP contribution in [0.2, 0.25) is 0 Å². The van der Waals surface area contributed by atoms with E-state index in [0.717, 1.165) is 48.5 Å². The van der Waals surface area contributed by atoms with E-state index in [4.69, 9.17) is 4.98 Å². The third kappa shape index (κ3) is 2.38. The van der Waals surface area contributed by atoms with Crippen LogP contribution in [0.4, 0.5) is 5.82 Å². The number of carbonyl (C=O) groups is 1. The van der Waals surface area contributed by atoms with Crippen LogP contribution < -0.4 is 4.90 Å². The molecule has 1 saturated heterocycles. The van der Waals surface area contributed by atoms with Gasteiger partial charge in [0.2, 0.25) is 0 Å². The lowest BCUT2D eigenvalue weighted by Gasteiger charge is -2.32. The van der Waals surface area contributed by atoms with Gasteiger partial charge in [0.25, 0.3) is 0 Å². The molecular weight excluding hydrogens is 250 g/mol. The Balaban J connectivity index is 1.87. The largest absolute Gasteiger partial charge is 0.355 e. The molecule has 0 N–H and O–H groups in total. The van der Waals surface area contributed by atoms with Gasteiger partial charge in [-0.3, -0.25) is 4.79 Å². The second-order valence-electron chi connectivity index (χ2n) is 5.49. The number of hydrogen-bond donors (Lipinski definition) is 0. The van der Waals surface area contributed by atoms with Crippen LogP contribution in [0.5, 0.6) is 0 Å². The van der Waals surface area contributed by atoms with Crippen molar-refractivity contribution >= 4 is 22.6 Å². The van der Waals surface area contributed by atoms with Crippen LogP contribution in [0.3, 0.4) is 0 Å². The van der Waals surface area contributed by atoms with Crippen molar-refractivity contribution in [3.8, 4) is 0 Å². The Morgan fingerprint density at radius 2 is 1.75 bits per heavy atom. The minimum atomic E-state index is 0.222. The number of aromatic nitrogens is 2. The number of benzene rings is 1. The zero-order valence-electron chi connectivity index (χ0n) is 12.0. The number of piperidine rings is 1. The lowest BCUT2D eigenvalue weighted by molar-refractivity contribution is -0.121. The van der Waals surface area contributed by atoms with Gasteiger partial charge in [-0.05, 0) is 38.8 Å². The van der Waals surface area contributed by atoms with Crippen molar-refractivity contribution in [3.63, 3.8) is 0 Å². The molecule has 0 aliphatic carbocycles. The van der Waals surface area contributed by atoms with Gasteiger partial charge in [0, 0.05) is 19.0 Å². The highest BCUT2D eigenvalue weighted by atomic mass is 16.1. The average molecular weight is 269 g/mol. The third-order valence-corrected chi connectivity index (χ3v) is 4.09. The normalized spacial score (nSPS) is 16.6. The minimum absolute atomic E-state index is 0.222. The first kappa shape index (κ1) is 13.0. The van der Waals surface area contributed by atoms with E-state index >= 15 is 0 Å². The molecule has 0 bridgehead atoms. The van der Waals surface area contributed by atoms with Crippen molar-refractivity contribution in [2.75, 3.05) is 18.0 Å². The maximum Gasteiger partial charge on any atom is 0.150 e. The number of fused-ring (bicyclic) bond motifs is 1. The van der Waals surface area contributed by atoms with Gasteiger partial charge in [-0.15, -0.1) is 0 Å². The molecule has 0 amide bonds. The first-order chi connectivity index (χ1) is 9.65. The molecule has 0 radical (unpaired) electrons. The molecule has 2 aromatic rings. The molecule has 1 aromatic carbocycles. The summed E-state index contributed by atoms with van der Waals surface area (Å²) in [5, 5.41) is 0. The number of nitrogens with zero attached hydrogens (tertiary/aromatic N) is 3. The molecule has 1 fully saturated rings. The standard InChI is InChI=1S/C16H19N3O/c1-11-16(18-15-6-4-3-5-14(15)17-11)19-9-7-13(8-10-19)12(2)20/h3-6,13H,7-10H2,1-2H3. The molecule has 2 heterocycles. The van der Waals surface area contributed by atoms with Crippen molar-refractivity contribution in [2.24, 2.45) is 5.92 Å². The number of para-hydroxylation sites is 2. The Labute approximate surface area is 118 Å². The average Bonchev–Trinajstić information content (AvgIpc) is 2.46. The number of anilines is 1. The van der Waals surface area contributed by atoms with Crippen molar-refractivity contribution in [2.45, 2.75) is 26.7 Å². The molecule has 0 saturated carbocycles. The second kappa shape index (κ2) is 5.19. The van der Waals surface area contributed by atoms with Crippen LogP contribution in [-0.2, 0) is 4.79 Å². The Kier molecular flexibility index (Phi) is 3.38. The van der Waals surface area contributed by atoms with E-state index in [1.807, 2.05) is 31.2 Å². The number of rotatable bonds is 2. The zero-order valence-corrected chi connectivity index (χ0v) is 12.0. The van der Waals surface area contributed by atoms with Crippen LogP contribution in [0, 0.1) is 12.8 Å². The lowest BCUT2D eigenvalue weighted by atomic mass is 9.93. The predicted molar refractivity (Wildman–Crippen MR) is 79.9 cm³/mol. The van der Waals surface area contributed by atoms with E-state index in [1.54, 1.807) is 6.92 Å². The van der Waals surface area contributed by atoms with Crippen LogP contribution in [0.15, 0.2) is 24.3 Å². The molecule has 0 unspecified atom stereocenters. The second-order valence-corrected chi connectivity index (χ2v) is 5.49. The summed E-state index contributed by atoms with van der Waals surface area (Å²) in [7, 11) is 0. The Hall–Kier alpha value is -1.97. The van der Waals surface area contributed by atoms with Gasteiger partial charge < -0.3 is 4.90 Å². The van der Waals surface area contributed by atoms with Crippen molar-refractivity contribution in [1.82, 2.24) is 9.97 Å². The van der Waals surface area contributed by atoms with Crippen molar-refractivity contribution in [3.05, 3.63) is 30.0 Å². The predicted octanol–water partition coefficient (Wildman–Crippen LogP) is 2.74. The van der Waals surface area contributed by atoms with E-state index in [2.05, 4.69) is 9.88 Å². The van der Waals surface area contributed by atoms with Gasteiger partial charge in [-0.1, -0.05) is 12.1 Å². The van der Waals surface area contributed by atoms with Gasteiger partial charge in [0.15, 0.2) is 5.82 Å². The fraction of sp³-hybridized carbons (Fsp3) is 0.438. The molecular formula is C16H19N3O. The third-order valence-electron chi connectivity index (χ3n) is 4.09. The number of aryl methyl sites for hydroxylation is 1. The van der Waals surface area contributed by atoms with E-state index in [-0.39, 0.29) is 5.92 Å². The SMILES string of the molecule is CC(=O)C1CCN(c2nc3ccccc3nc2C)CC1. The van der Waals surface area contributed by atoms with E-state index in [1.165, 1.54) is 0 Å². The number of ketones is 1. The summed E-state index contributed by atoms with van der Waals surface area (Å²) in [6, 6.07) is 7.95. The van der Waals surface area contributed by atoms with E-state index < -0.39 is 0 Å². The maximum atomic E-state index is 11.4. The molecule has 0 spiro atoms. The lowest BCUT2D eigenvalue weighted by Crippen LogP contribution is -2.36. The summed E-state index contributed by atoms with van der Waals surface area (Å²) >= 11 is 0. The smallest absolute Gasteiger partial charge is 0.150 e. The molecule has 4 nitrogen and oxygen atoms in total. The first-order valence-electron chi connectivity index (χ1n) is 7.14. The summed E-state index contributed by atoms with van der Waals surface area (Å²) < 4.78 is 0. The Morgan fingerprint density at radius 3 is 2.35 bits per heavy atom. The highest BCUT2D eigenvalue weighted by Gasteiger charge is 2.24. The van der Waals surface area contributed by atoms with Gasteiger partial charge in [-0.2, -0.15) is 0 Å². The molecule has 104 valence electrons. The van der Waals surface area contributed by atoms with Crippen molar-refractivity contribution in [1.29, 1.82) is 0 Å².